The van der Waals surface area contributed by atoms with Crippen LogP contribution in [0.1, 0.15) is 45.4 Å². The van der Waals surface area contributed by atoms with Gasteiger partial charge in [-0.05, 0) is 89.8 Å². The summed E-state index contributed by atoms with van der Waals surface area (Å²) in [5.41, 5.74) is 0. The summed E-state index contributed by atoms with van der Waals surface area (Å²) in [5.74, 6) is 4.23. The molecule has 18 heavy (non-hydrogen) atoms. The fraction of sp³-hybridized carbons (Fsp3) is 1.00. The second-order valence-electron chi connectivity index (χ2n) is 7.62. The Labute approximate surface area is 113 Å². The van der Waals surface area contributed by atoms with Gasteiger partial charge in [0.25, 0.3) is 0 Å². The van der Waals surface area contributed by atoms with Gasteiger partial charge in [-0.3, -0.25) is 0 Å². The van der Waals surface area contributed by atoms with Gasteiger partial charge in [0.2, 0.25) is 0 Å². The Morgan fingerprint density at radius 1 is 1.00 bits per heavy atom. The number of nitrogens with zero attached hydrogens (tertiary/aromatic N) is 1. The van der Waals surface area contributed by atoms with Crippen LogP contribution in [0.15, 0.2) is 0 Å². The molecule has 1 unspecified atom stereocenters. The van der Waals surface area contributed by atoms with Crippen molar-refractivity contribution in [1.29, 1.82) is 0 Å². The number of rotatable bonds is 5. The predicted molar refractivity (Wildman–Crippen MR) is 76.6 cm³/mol. The summed E-state index contributed by atoms with van der Waals surface area (Å²) >= 11 is 0. The summed E-state index contributed by atoms with van der Waals surface area (Å²) in [7, 11) is 4.35. The van der Waals surface area contributed by atoms with E-state index in [0.717, 1.165) is 29.7 Å². The molecule has 2 heteroatoms. The number of nitrogens with one attached hydrogen (secondary N) is 1. The van der Waals surface area contributed by atoms with Crippen molar-refractivity contribution >= 4 is 0 Å². The second-order valence-corrected chi connectivity index (χ2v) is 7.62. The molecule has 4 rings (SSSR count). The van der Waals surface area contributed by atoms with Gasteiger partial charge in [-0.15, -0.1) is 0 Å². The van der Waals surface area contributed by atoms with Gasteiger partial charge >= 0.3 is 0 Å². The van der Waals surface area contributed by atoms with E-state index in [9.17, 15) is 0 Å². The zero-order chi connectivity index (χ0) is 12.7. The fourth-order valence-electron chi connectivity index (χ4n) is 5.06. The van der Waals surface area contributed by atoms with Crippen molar-refractivity contribution in [2.75, 3.05) is 20.6 Å². The van der Waals surface area contributed by atoms with Crippen LogP contribution in [0, 0.1) is 23.7 Å². The molecule has 0 radical (unpaired) electrons. The normalized spacial score (nSPS) is 43.7. The average Bonchev–Trinajstić information content (AvgIpc) is 2.30. The SMILES string of the molecule is CC(CCN(C)C)NC1C2CC3CC(C2)CC1C3. The van der Waals surface area contributed by atoms with Crippen molar-refractivity contribution in [3.05, 3.63) is 0 Å². The van der Waals surface area contributed by atoms with Crippen LogP contribution in [0.25, 0.3) is 0 Å². The maximum atomic E-state index is 3.99. The maximum absolute atomic E-state index is 3.99. The molecular formula is C16H30N2. The Balaban J connectivity index is 1.53. The topological polar surface area (TPSA) is 15.3 Å². The van der Waals surface area contributed by atoms with Crippen molar-refractivity contribution in [2.45, 2.75) is 57.5 Å². The van der Waals surface area contributed by atoms with Gasteiger partial charge in [0, 0.05) is 12.1 Å². The van der Waals surface area contributed by atoms with E-state index in [1.54, 1.807) is 6.42 Å². The molecule has 1 N–H and O–H groups in total. The average molecular weight is 250 g/mol. The van der Waals surface area contributed by atoms with Crippen molar-refractivity contribution in [2.24, 2.45) is 23.7 Å². The molecular weight excluding hydrogens is 220 g/mol. The van der Waals surface area contributed by atoms with Crippen LogP contribution in [0.2, 0.25) is 0 Å². The zero-order valence-corrected chi connectivity index (χ0v) is 12.4. The minimum Gasteiger partial charge on any atom is -0.311 e. The van der Waals surface area contributed by atoms with Crippen molar-refractivity contribution < 1.29 is 0 Å². The first-order valence-electron chi connectivity index (χ1n) is 8.02. The third kappa shape index (κ3) is 2.60. The van der Waals surface area contributed by atoms with E-state index in [4.69, 9.17) is 0 Å². The molecule has 0 aromatic carbocycles. The summed E-state index contributed by atoms with van der Waals surface area (Å²) in [6.45, 7) is 3.59. The molecule has 0 aliphatic heterocycles. The van der Waals surface area contributed by atoms with E-state index in [2.05, 4.69) is 31.2 Å². The monoisotopic (exact) mass is 250 g/mol. The number of hydrogen-bond donors (Lipinski definition) is 1. The minimum atomic E-state index is 0.690. The van der Waals surface area contributed by atoms with Gasteiger partial charge in [0.1, 0.15) is 0 Å². The molecule has 4 saturated carbocycles. The van der Waals surface area contributed by atoms with Crippen LogP contribution in [-0.4, -0.2) is 37.6 Å². The Bertz CT molecular complexity index is 259. The first kappa shape index (κ1) is 12.9. The van der Waals surface area contributed by atoms with Gasteiger partial charge in [-0.1, -0.05) is 0 Å². The van der Waals surface area contributed by atoms with Crippen LogP contribution >= 0.6 is 0 Å². The molecule has 0 spiro atoms. The van der Waals surface area contributed by atoms with Crippen LogP contribution in [-0.2, 0) is 0 Å². The largest absolute Gasteiger partial charge is 0.311 e. The first-order valence-corrected chi connectivity index (χ1v) is 8.02. The standard InChI is InChI=1S/C16H30N2/c1-11(4-5-18(2)3)17-16-14-7-12-6-13(9-14)10-15(16)8-12/h11-17H,4-10H2,1-3H3. The Kier molecular flexibility index (Phi) is 3.68. The van der Waals surface area contributed by atoms with E-state index in [1.807, 2.05) is 0 Å². The zero-order valence-electron chi connectivity index (χ0n) is 12.4. The molecule has 4 bridgehead atoms. The third-order valence-electron chi connectivity index (χ3n) is 5.71. The number of hydrogen-bond acceptors (Lipinski definition) is 2. The summed E-state index contributed by atoms with van der Waals surface area (Å²) < 4.78 is 0. The summed E-state index contributed by atoms with van der Waals surface area (Å²) in [6, 6.07) is 1.55. The molecule has 0 aromatic rings. The van der Waals surface area contributed by atoms with Gasteiger partial charge in [-0.2, -0.15) is 0 Å². The lowest BCUT2D eigenvalue weighted by molar-refractivity contribution is -0.0174. The third-order valence-corrected chi connectivity index (χ3v) is 5.71. The van der Waals surface area contributed by atoms with E-state index < -0.39 is 0 Å². The highest BCUT2D eigenvalue weighted by molar-refractivity contribution is 5.01. The van der Waals surface area contributed by atoms with E-state index in [1.165, 1.54) is 38.6 Å². The Hall–Kier alpha value is -0.0800. The lowest BCUT2D eigenvalue weighted by atomic mass is 9.54. The van der Waals surface area contributed by atoms with Crippen molar-refractivity contribution in [1.82, 2.24) is 10.2 Å². The van der Waals surface area contributed by atoms with Gasteiger partial charge in [0.15, 0.2) is 0 Å². The molecule has 4 aliphatic rings. The molecule has 2 nitrogen and oxygen atoms in total. The molecule has 0 aromatic heterocycles. The molecule has 0 saturated heterocycles. The highest BCUT2D eigenvalue weighted by Gasteiger charge is 2.48. The van der Waals surface area contributed by atoms with Crippen molar-refractivity contribution in [3.8, 4) is 0 Å². The molecule has 0 heterocycles. The molecule has 104 valence electrons. The Morgan fingerprint density at radius 2 is 1.56 bits per heavy atom. The van der Waals surface area contributed by atoms with Crippen LogP contribution in [0.4, 0.5) is 0 Å². The molecule has 1 atom stereocenters. The van der Waals surface area contributed by atoms with E-state index in [0.29, 0.717) is 6.04 Å². The Morgan fingerprint density at radius 3 is 2.06 bits per heavy atom. The van der Waals surface area contributed by atoms with Crippen molar-refractivity contribution in [3.63, 3.8) is 0 Å². The lowest BCUT2D eigenvalue weighted by Crippen LogP contribution is -2.56. The highest BCUT2D eigenvalue weighted by Crippen LogP contribution is 2.53. The van der Waals surface area contributed by atoms with Gasteiger partial charge in [-0.25, -0.2) is 0 Å². The van der Waals surface area contributed by atoms with Crippen LogP contribution < -0.4 is 5.32 Å². The lowest BCUT2D eigenvalue weighted by Gasteiger charge is -2.55. The van der Waals surface area contributed by atoms with E-state index >= 15 is 0 Å². The first-order chi connectivity index (χ1) is 8.61. The minimum absolute atomic E-state index is 0.690. The smallest absolute Gasteiger partial charge is 0.0126 e. The predicted octanol–water partition coefficient (Wildman–Crippen LogP) is 2.74. The van der Waals surface area contributed by atoms with Gasteiger partial charge < -0.3 is 10.2 Å². The quantitative estimate of drug-likeness (QED) is 0.807. The summed E-state index contributed by atoms with van der Waals surface area (Å²) in [5, 5.41) is 3.99. The second kappa shape index (κ2) is 5.13. The van der Waals surface area contributed by atoms with Crippen LogP contribution in [0.3, 0.4) is 0 Å². The van der Waals surface area contributed by atoms with E-state index in [-0.39, 0.29) is 0 Å². The highest BCUT2D eigenvalue weighted by atomic mass is 15.1. The van der Waals surface area contributed by atoms with Gasteiger partial charge in [0.05, 0.1) is 0 Å². The summed E-state index contributed by atoms with van der Waals surface area (Å²) in [4.78, 5) is 2.30. The maximum Gasteiger partial charge on any atom is 0.0126 e. The fourth-order valence-corrected chi connectivity index (χ4v) is 5.06. The molecule has 0 amide bonds. The molecule has 4 fully saturated rings. The molecule has 4 aliphatic carbocycles. The summed E-state index contributed by atoms with van der Waals surface area (Å²) in [6.07, 6.45) is 8.98. The van der Waals surface area contributed by atoms with Crippen LogP contribution in [0.5, 0.6) is 0 Å².